The smallest absolute Gasteiger partial charge is 0.342 e. The van der Waals surface area contributed by atoms with Gasteiger partial charge in [-0.05, 0) is 56.3 Å². The minimum atomic E-state index is -3.80. The molecule has 0 atom stereocenters. The van der Waals surface area contributed by atoms with E-state index in [1.807, 2.05) is 6.92 Å². The van der Waals surface area contributed by atoms with Crippen LogP contribution in [0.3, 0.4) is 0 Å². The fraction of sp³-hybridized carbons (Fsp3) is 0.211. The van der Waals surface area contributed by atoms with Gasteiger partial charge < -0.3 is 13.9 Å². The summed E-state index contributed by atoms with van der Waals surface area (Å²) < 4.78 is 43.4. The fourth-order valence-corrected chi connectivity index (χ4v) is 3.78. The van der Waals surface area contributed by atoms with Gasteiger partial charge in [-0.2, -0.15) is 0 Å². The van der Waals surface area contributed by atoms with Crippen molar-refractivity contribution < 1.29 is 27.1 Å². The molecule has 0 aliphatic rings. The highest BCUT2D eigenvalue weighted by Crippen LogP contribution is 2.29. The maximum Gasteiger partial charge on any atom is 0.342 e. The van der Waals surface area contributed by atoms with Crippen molar-refractivity contribution in [1.29, 1.82) is 0 Å². The van der Waals surface area contributed by atoms with Gasteiger partial charge in [0.05, 0.1) is 18.6 Å². The third kappa shape index (κ3) is 3.75. The number of methoxy groups -OCH3 is 1. The van der Waals surface area contributed by atoms with Gasteiger partial charge in [0.15, 0.2) is 0 Å². The Morgan fingerprint density at radius 2 is 1.85 bits per heavy atom. The van der Waals surface area contributed by atoms with Crippen LogP contribution >= 0.6 is 0 Å². The average Bonchev–Trinajstić information content (AvgIpc) is 2.96. The molecule has 0 saturated heterocycles. The monoisotopic (exact) mass is 389 g/mol. The van der Waals surface area contributed by atoms with E-state index in [0.29, 0.717) is 34.8 Å². The molecule has 0 radical (unpaired) electrons. The Labute approximate surface area is 156 Å². The van der Waals surface area contributed by atoms with E-state index in [0.717, 1.165) is 0 Å². The average molecular weight is 389 g/mol. The second kappa shape index (κ2) is 7.32. The summed E-state index contributed by atoms with van der Waals surface area (Å²) >= 11 is 0. The third-order valence-corrected chi connectivity index (χ3v) is 5.35. The summed E-state index contributed by atoms with van der Waals surface area (Å²) in [5.74, 6) is 0.454. The predicted octanol–water partition coefficient (Wildman–Crippen LogP) is 3.73. The lowest BCUT2D eigenvalue weighted by Crippen LogP contribution is -2.13. The molecule has 0 spiro atoms. The van der Waals surface area contributed by atoms with Gasteiger partial charge in [0.1, 0.15) is 22.7 Å². The standard InChI is InChI=1S/C19H19NO6S/c1-4-25-14-6-8-15(9-7-14)27(22,23)20-13-5-10-17-16(11-13)18(12(2)26-17)19(21)24-3/h5-11,20H,4H2,1-3H3. The molecule has 1 heterocycles. The van der Waals surface area contributed by atoms with Gasteiger partial charge in [0, 0.05) is 11.1 Å². The minimum absolute atomic E-state index is 0.0996. The quantitative estimate of drug-likeness (QED) is 0.646. The lowest BCUT2D eigenvalue weighted by Gasteiger charge is -2.09. The van der Waals surface area contributed by atoms with Crippen molar-refractivity contribution in [3.05, 3.63) is 53.8 Å². The summed E-state index contributed by atoms with van der Waals surface area (Å²) in [6.07, 6.45) is 0. The first-order valence-electron chi connectivity index (χ1n) is 8.23. The number of furan rings is 1. The number of anilines is 1. The van der Waals surface area contributed by atoms with Crippen molar-refractivity contribution in [2.24, 2.45) is 0 Å². The van der Waals surface area contributed by atoms with Gasteiger partial charge in [-0.3, -0.25) is 4.72 Å². The van der Waals surface area contributed by atoms with Crippen LogP contribution in [0.15, 0.2) is 51.8 Å². The zero-order chi connectivity index (χ0) is 19.6. The van der Waals surface area contributed by atoms with Crippen molar-refractivity contribution in [1.82, 2.24) is 0 Å². The van der Waals surface area contributed by atoms with Crippen LogP contribution in [0.2, 0.25) is 0 Å². The molecule has 0 unspecified atom stereocenters. The lowest BCUT2D eigenvalue weighted by molar-refractivity contribution is 0.0600. The first kappa shape index (κ1) is 18.8. The normalized spacial score (nSPS) is 11.4. The van der Waals surface area contributed by atoms with Crippen molar-refractivity contribution in [2.75, 3.05) is 18.4 Å². The van der Waals surface area contributed by atoms with Crippen molar-refractivity contribution in [2.45, 2.75) is 18.7 Å². The Morgan fingerprint density at radius 3 is 2.48 bits per heavy atom. The molecule has 0 aliphatic heterocycles. The molecular formula is C19H19NO6S. The first-order valence-corrected chi connectivity index (χ1v) is 9.71. The molecule has 8 heteroatoms. The van der Waals surface area contributed by atoms with Crippen molar-refractivity contribution >= 4 is 32.6 Å². The van der Waals surface area contributed by atoms with Crippen LogP contribution in [0.1, 0.15) is 23.0 Å². The number of esters is 1. The van der Waals surface area contributed by atoms with Crippen LogP contribution in [0, 0.1) is 6.92 Å². The van der Waals surface area contributed by atoms with E-state index >= 15 is 0 Å². The lowest BCUT2D eigenvalue weighted by atomic mass is 10.1. The number of benzene rings is 2. The van der Waals surface area contributed by atoms with Crippen LogP contribution in [0.4, 0.5) is 5.69 Å². The number of ether oxygens (including phenoxy) is 2. The number of carbonyl (C=O) groups excluding carboxylic acids is 1. The van der Waals surface area contributed by atoms with Crippen LogP contribution < -0.4 is 9.46 Å². The number of carbonyl (C=O) groups is 1. The van der Waals surface area contributed by atoms with Crippen molar-refractivity contribution in [3.8, 4) is 5.75 Å². The largest absolute Gasteiger partial charge is 0.494 e. The van der Waals surface area contributed by atoms with Gasteiger partial charge >= 0.3 is 5.97 Å². The van der Waals surface area contributed by atoms with Gasteiger partial charge in [0.25, 0.3) is 10.0 Å². The number of sulfonamides is 1. The van der Waals surface area contributed by atoms with E-state index in [9.17, 15) is 13.2 Å². The molecule has 0 fully saturated rings. The summed E-state index contributed by atoms with van der Waals surface area (Å²) in [5.41, 5.74) is 1.05. The highest BCUT2D eigenvalue weighted by molar-refractivity contribution is 7.92. The number of aryl methyl sites for hydroxylation is 1. The summed E-state index contributed by atoms with van der Waals surface area (Å²) in [5, 5.41) is 0.478. The predicted molar refractivity (Wildman–Crippen MR) is 101 cm³/mol. The molecule has 1 N–H and O–H groups in total. The fourth-order valence-electron chi connectivity index (χ4n) is 2.73. The topological polar surface area (TPSA) is 94.8 Å². The molecule has 0 amide bonds. The second-order valence-electron chi connectivity index (χ2n) is 5.75. The van der Waals surface area contributed by atoms with E-state index in [-0.39, 0.29) is 10.5 Å². The van der Waals surface area contributed by atoms with E-state index in [1.165, 1.54) is 19.2 Å². The third-order valence-electron chi connectivity index (χ3n) is 3.95. The number of rotatable bonds is 6. The van der Waals surface area contributed by atoms with E-state index < -0.39 is 16.0 Å². The van der Waals surface area contributed by atoms with Crippen LogP contribution in [-0.2, 0) is 14.8 Å². The Hall–Kier alpha value is -3.00. The summed E-state index contributed by atoms with van der Waals surface area (Å²) in [7, 11) is -2.52. The van der Waals surface area contributed by atoms with E-state index in [4.69, 9.17) is 13.9 Å². The van der Waals surface area contributed by atoms with Gasteiger partial charge in [-0.25, -0.2) is 13.2 Å². The summed E-state index contributed by atoms with van der Waals surface area (Å²) in [4.78, 5) is 12.1. The Bertz CT molecular complexity index is 1080. The highest BCUT2D eigenvalue weighted by atomic mass is 32.2. The van der Waals surface area contributed by atoms with Crippen LogP contribution in [0.5, 0.6) is 5.75 Å². The van der Waals surface area contributed by atoms with Gasteiger partial charge in [0.2, 0.25) is 0 Å². The highest BCUT2D eigenvalue weighted by Gasteiger charge is 2.20. The molecule has 0 bridgehead atoms. The summed E-state index contributed by atoms with van der Waals surface area (Å²) in [6.45, 7) is 4.00. The first-order chi connectivity index (χ1) is 12.9. The number of fused-ring (bicyclic) bond motifs is 1. The molecule has 0 aliphatic carbocycles. The van der Waals surface area contributed by atoms with Crippen LogP contribution in [-0.4, -0.2) is 28.1 Å². The van der Waals surface area contributed by atoms with Gasteiger partial charge in [-0.1, -0.05) is 0 Å². The molecule has 7 nitrogen and oxygen atoms in total. The number of hydrogen-bond donors (Lipinski definition) is 1. The van der Waals surface area contributed by atoms with Crippen LogP contribution in [0.25, 0.3) is 11.0 Å². The molecule has 1 aromatic heterocycles. The second-order valence-corrected chi connectivity index (χ2v) is 7.43. The van der Waals surface area contributed by atoms with E-state index in [2.05, 4.69) is 4.72 Å². The van der Waals surface area contributed by atoms with Gasteiger partial charge in [-0.15, -0.1) is 0 Å². The molecule has 3 rings (SSSR count). The zero-order valence-corrected chi connectivity index (χ0v) is 15.9. The maximum absolute atomic E-state index is 12.6. The van der Waals surface area contributed by atoms with E-state index in [1.54, 1.807) is 37.3 Å². The molecule has 142 valence electrons. The Balaban J connectivity index is 1.94. The van der Waals surface area contributed by atoms with Crippen molar-refractivity contribution in [3.63, 3.8) is 0 Å². The minimum Gasteiger partial charge on any atom is -0.494 e. The molecule has 2 aromatic carbocycles. The Kier molecular flexibility index (Phi) is 5.09. The number of nitrogens with one attached hydrogen (secondary N) is 1. The molecular weight excluding hydrogens is 370 g/mol. The SMILES string of the molecule is CCOc1ccc(S(=O)(=O)Nc2ccc3oc(C)c(C(=O)OC)c3c2)cc1. The number of hydrogen-bond acceptors (Lipinski definition) is 6. The molecule has 27 heavy (non-hydrogen) atoms. The zero-order valence-electron chi connectivity index (χ0n) is 15.1. The molecule has 3 aromatic rings. The molecule has 0 saturated carbocycles. The Morgan fingerprint density at radius 1 is 1.15 bits per heavy atom. The maximum atomic E-state index is 12.6. The summed E-state index contributed by atoms with van der Waals surface area (Å²) in [6, 6.07) is 10.8.